The second kappa shape index (κ2) is 22.1. The third-order valence-corrected chi connectivity index (χ3v) is 11.8. The summed E-state index contributed by atoms with van der Waals surface area (Å²) in [7, 11) is 0. The minimum absolute atomic E-state index is 0.0328. The highest BCUT2D eigenvalue weighted by Gasteiger charge is 2.69. The lowest BCUT2D eigenvalue weighted by molar-refractivity contribution is -0.490. The number of ketones is 2. The van der Waals surface area contributed by atoms with Crippen LogP contribution in [-0.2, 0) is 44.4 Å². The van der Waals surface area contributed by atoms with Crippen molar-refractivity contribution in [1.29, 1.82) is 0 Å². The van der Waals surface area contributed by atoms with Gasteiger partial charge in [0.25, 0.3) is 24.7 Å². The Morgan fingerprint density at radius 2 is 1.50 bits per heavy atom. The summed E-state index contributed by atoms with van der Waals surface area (Å²) >= 11 is 0. The Hall–Kier alpha value is -6.18. The van der Waals surface area contributed by atoms with Crippen molar-refractivity contribution >= 4 is 47.9 Å². The molecule has 0 bridgehead atoms. The van der Waals surface area contributed by atoms with Gasteiger partial charge in [-0.3, -0.25) is 38.0 Å². The fourth-order valence-electron chi connectivity index (χ4n) is 7.90. The second-order valence-electron chi connectivity index (χ2n) is 16.4. The number of amides is 5. The molecule has 3 aromatic rings. The van der Waals surface area contributed by atoms with Crippen LogP contribution in [0, 0.1) is 11.8 Å². The van der Waals surface area contributed by atoms with E-state index < -0.39 is 65.5 Å². The number of hydrogen-bond donors (Lipinski definition) is 4. The molecule has 1 saturated heterocycles. The summed E-state index contributed by atoms with van der Waals surface area (Å²) in [5.41, 5.74) is 0.568. The molecule has 7 atom stereocenters. The lowest BCUT2D eigenvalue weighted by Gasteiger charge is -2.32. The maximum Gasteiger partial charge on any atom is 0.290 e. The highest BCUT2D eigenvalue weighted by atomic mass is 16.5. The molecule has 62 heavy (non-hydrogen) atoms. The van der Waals surface area contributed by atoms with E-state index in [9.17, 15) is 33.6 Å². The number of carbonyl (C=O) groups excluding carboxylic acids is 8. The zero-order chi connectivity index (χ0) is 44.8. The minimum Gasteiger partial charge on any atom is -0.493 e. The smallest absolute Gasteiger partial charge is 0.290 e. The van der Waals surface area contributed by atoms with Crippen LogP contribution in [0.2, 0.25) is 0 Å². The summed E-state index contributed by atoms with van der Waals surface area (Å²) in [5.74, 6) is -3.71. The molecule has 0 aromatic heterocycles. The van der Waals surface area contributed by atoms with Crippen molar-refractivity contribution < 1.29 is 42.7 Å². The Kier molecular flexibility index (Phi) is 16.7. The van der Waals surface area contributed by atoms with Crippen LogP contribution in [0.3, 0.4) is 0 Å². The Bertz CT molecular complexity index is 2080. The molecule has 1 aliphatic carbocycles. The molecule has 0 radical (unpaired) electrons. The number of Topliss-reactive ketones (excluding diaryl/α,β-unsaturated/α-hetero) is 2. The average Bonchev–Trinajstić information content (AvgIpc) is 3.89. The summed E-state index contributed by atoms with van der Waals surface area (Å²) in [6.45, 7) is 11.2. The van der Waals surface area contributed by atoms with Crippen molar-refractivity contribution in [3.63, 3.8) is 0 Å². The molecule has 4 N–H and O–H groups in total. The number of ether oxygens (including phenoxy) is 1. The first-order chi connectivity index (χ1) is 29.8. The van der Waals surface area contributed by atoms with Gasteiger partial charge in [0, 0.05) is 19.9 Å². The Balaban J connectivity index is 1.23. The van der Waals surface area contributed by atoms with Crippen molar-refractivity contribution in [1.82, 2.24) is 26.2 Å². The van der Waals surface area contributed by atoms with Crippen molar-refractivity contribution in [3.8, 4) is 5.75 Å². The van der Waals surface area contributed by atoms with E-state index in [4.69, 9.17) is 9.16 Å². The van der Waals surface area contributed by atoms with Gasteiger partial charge in [-0.1, -0.05) is 106 Å². The molecule has 14 heteroatoms. The van der Waals surface area contributed by atoms with Crippen molar-refractivity contribution in [3.05, 3.63) is 102 Å². The average molecular weight is 851 g/mol. The van der Waals surface area contributed by atoms with E-state index in [-0.39, 0.29) is 49.5 Å². The van der Waals surface area contributed by atoms with Gasteiger partial charge in [-0.25, -0.2) is 0 Å². The number of likely N-dealkylation sites (tertiary alicyclic amines) is 1. The highest BCUT2D eigenvalue weighted by Crippen LogP contribution is 2.56. The maximum absolute atomic E-state index is 14.5. The van der Waals surface area contributed by atoms with E-state index in [0.29, 0.717) is 54.7 Å². The number of hydrogen-bond acceptors (Lipinski definition) is 8. The molecule has 1 saturated carbocycles. The minimum atomic E-state index is -1.26. The summed E-state index contributed by atoms with van der Waals surface area (Å²) in [6, 6.07) is 21.5. The number of benzene rings is 3. The third kappa shape index (κ3) is 12.0. The number of rotatable bonds is 24. The van der Waals surface area contributed by atoms with Gasteiger partial charge in [-0.15, -0.1) is 0 Å². The third-order valence-electron chi connectivity index (χ3n) is 11.8. The molecule has 1 aliphatic heterocycles. The summed E-state index contributed by atoms with van der Waals surface area (Å²) in [5, 5.41) is 10.8. The zero-order valence-corrected chi connectivity index (χ0v) is 36.2. The summed E-state index contributed by atoms with van der Waals surface area (Å²) < 4.78 is 10.9. The van der Waals surface area contributed by atoms with Crippen LogP contribution in [-0.4, -0.2) is 90.2 Å². The van der Waals surface area contributed by atoms with Crippen LogP contribution in [0.4, 0.5) is 0 Å². The predicted octanol–water partition coefficient (Wildman–Crippen LogP) is 4.43. The van der Waals surface area contributed by atoms with Crippen LogP contribution >= 0.6 is 0 Å². The van der Waals surface area contributed by atoms with Gasteiger partial charge < -0.3 is 30.9 Å². The Morgan fingerprint density at radius 1 is 0.839 bits per heavy atom. The first-order valence-corrected chi connectivity index (χ1v) is 21.6. The SMILES string of the molecule is C=[O+][C@H](C)CCOc1cccc(CC(=O)N[C@H](C(=O)N2CCC3C[C@@]32C(=O)NC(CCC)C(=O)C(=O)NCC(=O)N[C@H](C(=O)CC(C)CC)c2ccccc2)c2ccccc2)c1. The number of carbonyl (C=O) groups is 7. The Morgan fingerprint density at radius 3 is 2.13 bits per heavy atom. The van der Waals surface area contributed by atoms with Crippen molar-refractivity contribution in [2.75, 3.05) is 19.7 Å². The fraction of sp³-hybridized carbons (Fsp3) is 0.458. The molecule has 3 unspecified atom stereocenters. The van der Waals surface area contributed by atoms with Crippen LogP contribution in [0.5, 0.6) is 5.75 Å². The predicted molar refractivity (Wildman–Crippen MR) is 233 cm³/mol. The van der Waals surface area contributed by atoms with Gasteiger partial charge in [0.1, 0.15) is 23.4 Å². The summed E-state index contributed by atoms with van der Waals surface area (Å²) in [4.78, 5) is 96.8. The molecule has 5 rings (SSSR count). The van der Waals surface area contributed by atoms with Gasteiger partial charge in [0.15, 0.2) is 5.78 Å². The first-order valence-electron chi connectivity index (χ1n) is 21.6. The standard InChI is InChI=1S/C48H59N5O9/c1-6-15-38(44(57)45(58)49-30-41(56)52-42(34-17-10-8-11-18-34)39(54)26-31(3)7-2)50-47(60)48-29-36(48)22-24-53(48)46(59)43(35-19-12-9-13-20-35)51-40(55)28-33-16-14-21-37(27-33)62-25-23-32(4)61-5/h8-14,16-21,27,31-32,36,38,42-43H,5-7,15,22-26,28-30H2,1-4H3,(H3-,49,50,51,52,55,56,58,60)/p+1/t31?,32-,36?,38?,42+,43+,48+/m1/s1. The van der Waals surface area contributed by atoms with Gasteiger partial charge in [-0.05, 0) is 59.9 Å². The van der Waals surface area contributed by atoms with Gasteiger partial charge >= 0.3 is 0 Å². The van der Waals surface area contributed by atoms with Crippen molar-refractivity contribution in [2.24, 2.45) is 11.8 Å². The van der Waals surface area contributed by atoms with E-state index in [1.54, 1.807) is 91.9 Å². The van der Waals surface area contributed by atoms with E-state index >= 15 is 0 Å². The molecule has 330 valence electrons. The second-order valence-corrected chi connectivity index (χ2v) is 16.4. The van der Waals surface area contributed by atoms with Crippen LogP contribution < -0.4 is 26.0 Å². The topological polar surface area (TPSA) is 191 Å². The largest absolute Gasteiger partial charge is 0.493 e. The maximum atomic E-state index is 14.5. The number of nitrogens with zero attached hydrogens (tertiary/aromatic N) is 1. The van der Waals surface area contributed by atoms with E-state index in [0.717, 1.165) is 6.42 Å². The van der Waals surface area contributed by atoms with Crippen molar-refractivity contribution in [2.45, 2.75) is 109 Å². The quantitative estimate of drug-likeness (QED) is 0.0752. The van der Waals surface area contributed by atoms with E-state index in [2.05, 4.69) is 28.1 Å². The molecule has 0 spiro atoms. The van der Waals surface area contributed by atoms with Gasteiger partial charge in [0.05, 0.1) is 32.0 Å². The van der Waals surface area contributed by atoms with E-state index in [1.807, 2.05) is 20.8 Å². The number of piperidine rings is 1. The molecule has 2 fully saturated rings. The molecular weight excluding hydrogens is 791 g/mol. The molecular formula is C48H60N5O9+. The highest BCUT2D eigenvalue weighted by molar-refractivity contribution is 6.38. The Labute approximate surface area is 363 Å². The lowest BCUT2D eigenvalue weighted by Crippen LogP contribution is -2.57. The number of nitrogens with one attached hydrogen (secondary N) is 4. The van der Waals surface area contributed by atoms with E-state index in [1.165, 1.54) is 4.90 Å². The monoisotopic (exact) mass is 850 g/mol. The van der Waals surface area contributed by atoms with Crippen LogP contribution in [0.25, 0.3) is 0 Å². The zero-order valence-electron chi connectivity index (χ0n) is 36.2. The van der Waals surface area contributed by atoms with Gasteiger partial charge in [-0.2, -0.15) is 0 Å². The number of fused-ring (bicyclic) bond motifs is 1. The summed E-state index contributed by atoms with van der Waals surface area (Å²) in [6.07, 6.45) is 3.08. The van der Waals surface area contributed by atoms with Crippen LogP contribution in [0.1, 0.15) is 101 Å². The fourth-order valence-corrected chi connectivity index (χ4v) is 7.90. The van der Waals surface area contributed by atoms with Gasteiger partial charge in [0.2, 0.25) is 23.5 Å². The normalized spacial score (nSPS) is 18.7. The molecule has 1 heterocycles. The molecule has 14 nitrogen and oxygen atoms in total. The lowest BCUT2D eigenvalue weighted by atomic mass is 9.94. The van der Waals surface area contributed by atoms with Crippen LogP contribution in [0.15, 0.2) is 84.9 Å². The molecule has 2 aliphatic rings. The molecule has 5 amide bonds. The first kappa shape index (κ1) is 46.9. The molecule has 3 aromatic carbocycles.